The molecular weight excluding hydrogens is 456 g/mol. The van der Waals surface area contributed by atoms with Crippen LogP contribution in [0.5, 0.6) is 5.75 Å². The van der Waals surface area contributed by atoms with Crippen molar-refractivity contribution in [3.63, 3.8) is 0 Å². The van der Waals surface area contributed by atoms with Crippen LogP contribution in [0.25, 0.3) is 4.96 Å². The van der Waals surface area contributed by atoms with E-state index in [1.165, 1.54) is 21.8 Å². The zero-order chi connectivity index (χ0) is 20.2. The van der Waals surface area contributed by atoms with E-state index in [-0.39, 0.29) is 12.2 Å². The first-order valence-electron chi connectivity index (χ1n) is 8.70. The molecule has 0 saturated carbocycles. The number of carbonyl (C=O) groups excluding carboxylic acids is 1. The molecule has 2 heterocycles. The van der Waals surface area contributed by atoms with E-state index in [9.17, 15) is 9.59 Å². The third-order valence-corrected chi connectivity index (χ3v) is 5.69. The number of rotatable bonds is 6. The molecule has 4 rings (SSSR count). The Labute approximate surface area is 178 Å². The summed E-state index contributed by atoms with van der Waals surface area (Å²) in [4.78, 5) is 29.5. The van der Waals surface area contributed by atoms with Crippen molar-refractivity contribution < 1.29 is 14.3 Å². The molecular formula is C21H15BrN2O4S. The Hall–Kier alpha value is -2.97. The highest BCUT2D eigenvalue weighted by molar-refractivity contribution is 9.10. The van der Waals surface area contributed by atoms with Gasteiger partial charge >= 0.3 is 5.97 Å². The van der Waals surface area contributed by atoms with Crippen molar-refractivity contribution in [3.05, 3.63) is 97.8 Å². The Morgan fingerprint density at radius 2 is 1.90 bits per heavy atom. The lowest BCUT2D eigenvalue weighted by atomic mass is 10.2. The molecule has 0 N–H and O–H groups in total. The maximum absolute atomic E-state index is 12.6. The van der Waals surface area contributed by atoms with Crippen LogP contribution in [-0.2, 0) is 18.0 Å². The number of ether oxygens (including phenoxy) is 2. The van der Waals surface area contributed by atoms with Crippen molar-refractivity contribution >= 4 is 38.2 Å². The number of aromatic nitrogens is 2. The molecule has 0 aliphatic heterocycles. The molecule has 0 fully saturated rings. The molecule has 0 aliphatic rings. The number of fused-ring (bicyclic) bond motifs is 1. The predicted octanol–water partition coefficient (Wildman–Crippen LogP) is 4.45. The van der Waals surface area contributed by atoms with Crippen LogP contribution in [0.3, 0.4) is 0 Å². The number of para-hydroxylation sites is 1. The van der Waals surface area contributed by atoms with E-state index in [0.717, 1.165) is 10.0 Å². The topological polar surface area (TPSA) is 69.9 Å². The molecule has 0 spiro atoms. The predicted molar refractivity (Wildman–Crippen MR) is 113 cm³/mol. The molecule has 2 aromatic heterocycles. The highest BCUT2D eigenvalue weighted by Crippen LogP contribution is 2.23. The van der Waals surface area contributed by atoms with Crippen LogP contribution in [0.15, 0.2) is 75.4 Å². The van der Waals surface area contributed by atoms with Crippen molar-refractivity contribution in [1.82, 2.24) is 9.38 Å². The molecule has 146 valence electrons. The van der Waals surface area contributed by atoms with E-state index < -0.39 is 5.97 Å². The number of hydrogen-bond acceptors (Lipinski definition) is 6. The van der Waals surface area contributed by atoms with Gasteiger partial charge in [0.15, 0.2) is 4.96 Å². The average Bonchev–Trinajstić information content (AvgIpc) is 3.21. The quantitative estimate of drug-likeness (QED) is 0.389. The number of benzene rings is 2. The Kier molecular flexibility index (Phi) is 5.73. The third-order valence-electron chi connectivity index (χ3n) is 4.16. The summed E-state index contributed by atoms with van der Waals surface area (Å²) in [5.74, 6) is -0.115. The van der Waals surface area contributed by atoms with Gasteiger partial charge in [0.25, 0.3) is 5.56 Å². The number of hydrogen-bond donors (Lipinski definition) is 0. The monoisotopic (exact) mass is 470 g/mol. The maximum atomic E-state index is 12.6. The Bertz CT molecular complexity index is 1230. The lowest BCUT2D eigenvalue weighted by Gasteiger charge is -2.12. The van der Waals surface area contributed by atoms with Gasteiger partial charge < -0.3 is 9.47 Å². The van der Waals surface area contributed by atoms with Crippen molar-refractivity contribution in [2.75, 3.05) is 0 Å². The molecule has 0 radical (unpaired) electrons. The number of carbonyl (C=O) groups is 1. The summed E-state index contributed by atoms with van der Waals surface area (Å²) in [6.07, 6.45) is 1.66. The summed E-state index contributed by atoms with van der Waals surface area (Å²) in [5, 5.41) is 1.78. The highest BCUT2D eigenvalue weighted by atomic mass is 79.9. The standard InChI is InChI=1S/C21H15BrN2O4S/c22-17-7-3-1-5-14(17)12-27-18-8-4-2-6-16(18)20(26)28-13-15-11-19(25)24-9-10-29-21(24)23-15/h1-11H,12-13H2. The van der Waals surface area contributed by atoms with Crippen molar-refractivity contribution in [1.29, 1.82) is 0 Å². The van der Waals surface area contributed by atoms with Crippen LogP contribution in [0, 0.1) is 0 Å². The second-order valence-electron chi connectivity index (χ2n) is 6.09. The van der Waals surface area contributed by atoms with E-state index in [1.54, 1.807) is 35.8 Å². The molecule has 0 saturated heterocycles. The van der Waals surface area contributed by atoms with Gasteiger partial charge in [-0.2, -0.15) is 0 Å². The van der Waals surface area contributed by atoms with Gasteiger partial charge in [-0.1, -0.05) is 46.3 Å². The molecule has 4 aromatic rings. The fourth-order valence-electron chi connectivity index (χ4n) is 2.71. The van der Waals surface area contributed by atoms with Gasteiger partial charge in [-0.15, -0.1) is 11.3 Å². The second kappa shape index (κ2) is 8.59. The molecule has 2 aromatic carbocycles. The number of halogens is 1. The van der Waals surface area contributed by atoms with Crippen LogP contribution < -0.4 is 10.3 Å². The van der Waals surface area contributed by atoms with Gasteiger partial charge in [0, 0.05) is 27.7 Å². The highest BCUT2D eigenvalue weighted by Gasteiger charge is 2.15. The molecule has 0 aliphatic carbocycles. The van der Waals surface area contributed by atoms with E-state index >= 15 is 0 Å². The van der Waals surface area contributed by atoms with Gasteiger partial charge in [-0.3, -0.25) is 9.20 Å². The fraction of sp³-hybridized carbons (Fsp3) is 0.0952. The summed E-state index contributed by atoms with van der Waals surface area (Å²) in [6, 6.07) is 16.0. The van der Waals surface area contributed by atoms with E-state index in [1.807, 2.05) is 24.3 Å². The summed E-state index contributed by atoms with van der Waals surface area (Å²) < 4.78 is 13.6. The maximum Gasteiger partial charge on any atom is 0.342 e. The number of esters is 1. The Morgan fingerprint density at radius 1 is 1.10 bits per heavy atom. The smallest absolute Gasteiger partial charge is 0.342 e. The minimum absolute atomic E-state index is 0.0962. The van der Waals surface area contributed by atoms with Crippen LogP contribution >= 0.6 is 27.3 Å². The van der Waals surface area contributed by atoms with Crippen molar-refractivity contribution in [2.45, 2.75) is 13.2 Å². The van der Waals surface area contributed by atoms with Gasteiger partial charge in [0.1, 0.15) is 24.5 Å². The minimum Gasteiger partial charge on any atom is -0.488 e. The third kappa shape index (κ3) is 4.38. The van der Waals surface area contributed by atoms with Gasteiger partial charge in [0.2, 0.25) is 0 Å². The normalized spacial score (nSPS) is 10.8. The number of nitrogens with zero attached hydrogens (tertiary/aromatic N) is 2. The van der Waals surface area contributed by atoms with Gasteiger partial charge in [0.05, 0.1) is 5.69 Å². The molecule has 6 nitrogen and oxygen atoms in total. The first-order chi connectivity index (χ1) is 14.1. The van der Waals surface area contributed by atoms with Crippen molar-refractivity contribution in [2.24, 2.45) is 0 Å². The summed E-state index contributed by atoms with van der Waals surface area (Å²) in [6.45, 7) is 0.208. The summed E-state index contributed by atoms with van der Waals surface area (Å²) in [7, 11) is 0. The van der Waals surface area contributed by atoms with E-state index in [2.05, 4.69) is 20.9 Å². The summed E-state index contributed by atoms with van der Waals surface area (Å²) in [5.41, 5.74) is 1.47. The van der Waals surface area contributed by atoms with E-state index in [4.69, 9.17) is 9.47 Å². The second-order valence-corrected chi connectivity index (χ2v) is 7.82. The Morgan fingerprint density at radius 3 is 2.76 bits per heavy atom. The SMILES string of the molecule is O=C(OCc1cc(=O)n2ccsc2n1)c1ccccc1OCc1ccccc1Br. The fourth-order valence-corrected chi connectivity index (χ4v) is 3.85. The number of thiazole rings is 1. The molecule has 0 amide bonds. The van der Waals surface area contributed by atoms with Crippen LogP contribution in [0.4, 0.5) is 0 Å². The first kappa shape index (κ1) is 19.4. The minimum atomic E-state index is -0.541. The lowest BCUT2D eigenvalue weighted by molar-refractivity contribution is 0.0462. The Balaban J connectivity index is 1.47. The average molecular weight is 471 g/mol. The molecule has 8 heteroatoms. The van der Waals surface area contributed by atoms with Crippen LogP contribution in [-0.4, -0.2) is 15.4 Å². The zero-order valence-corrected chi connectivity index (χ0v) is 17.5. The molecule has 29 heavy (non-hydrogen) atoms. The lowest BCUT2D eigenvalue weighted by Crippen LogP contribution is -2.15. The first-order valence-corrected chi connectivity index (χ1v) is 10.4. The zero-order valence-electron chi connectivity index (χ0n) is 15.1. The van der Waals surface area contributed by atoms with Crippen LogP contribution in [0.1, 0.15) is 21.6 Å². The molecule has 0 bridgehead atoms. The van der Waals surface area contributed by atoms with E-state index in [0.29, 0.717) is 28.6 Å². The van der Waals surface area contributed by atoms with Crippen molar-refractivity contribution in [3.8, 4) is 5.75 Å². The molecule has 0 unspecified atom stereocenters. The largest absolute Gasteiger partial charge is 0.488 e. The van der Waals surface area contributed by atoms with Gasteiger partial charge in [-0.05, 0) is 18.2 Å². The van der Waals surface area contributed by atoms with Crippen LogP contribution in [0.2, 0.25) is 0 Å². The molecule has 0 atom stereocenters. The summed E-state index contributed by atoms with van der Waals surface area (Å²) >= 11 is 4.82. The van der Waals surface area contributed by atoms with Gasteiger partial charge in [-0.25, -0.2) is 9.78 Å².